The lowest BCUT2D eigenvalue weighted by Gasteiger charge is -2.12. The Bertz CT molecular complexity index is 852. The van der Waals surface area contributed by atoms with Crippen molar-refractivity contribution in [2.45, 2.75) is 32.7 Å². The molecule has 1 aliphatic rings. The molecule has 0 atom stereocenters. The minimum Gasteiger partial charge on any atom is -0.385 e. The molecular formula is C18H22N4O2. The fourth-order valence-corrected chi connectivity index (χ4v) is 2.79. The Labute approximate surface area is 140 Å². The fraction of sp³-hybridized carbons (Fsp3) is 0.389. The van der Waals surface area contributed by atoms with E-state index in [4.69, 9.17) is 4.74 Å². The highest BCUT2D eigenvalue weighted by Crippen LogP contribution is 2.16. The van der Waals surface area contributed by atoms with Crippen LogP contribution in [-0.4, -0.2) is 29.0 Å². The van der Waals surface area contributed by atoms with Crippen molar-refractivity contribution in [2.75, 3.05) is 19.1 Å². The van der Waals surface area contributed by atoms with Crippen LogP contribution in [0.25, 0.3) is 10.9 Å². The molecule has 1 aliphatic carbocycles. The van der Waals surface area contributed by atoms with Crippen molar-refractivity contribution in [2.24, 2.45) is 5.10 Å². The van der Waals surface area contributed by atoms with E-state index < -0.39 is 0 Å². The lowest BCUT2D eigenvalue weighted by Crippen LogP contribution is -2.25. The van der Waals surface area contributed by atoms with E-state index in [0.29, 0.717) is 30.0 Å². The van der Waals surface area contributed by atoms with Crippen LogP contribution >= 0.6 is 0 Å². The molecule has 0 bridgehead atoms. The molecule has 0 saturated heterocycles. The maximum absolute atomic E-state index is 12.8. The van der Waals surface area contributed by atoms with Crippen LogP contribution in [0.5, 0.6) is 0 Å². The Morgan fingerprint density at radius 1 is 1.33 bits per heavy atom. The molecule has 0 aliphatic heterocycles. The number of para-hydroxylation sites is 1. The predicted molar refractivity (Wildman–Crippen MR) is 96.5 cm³/mol. The van der Waals surface area contributed by atoms with Gasteiger partial charge in [0.2, 0.25) is 5.95 Å². The molecule has 1 aromatic carbocycles. The van der Waals surface area contributed by atoms with Gasteiger partial charge in [-0.05, 0) is 44.4 Å². The molecule has 6 nitrogen and oxygen atoms in total. The van der Waals surface area contributed by atoms with Crippen molar-refractivity contribution < 1.29 is 4.74 Å². The summed E-state index contributed by atoms with van der Waals surface area (Å²) >= 11 is 0. The van der Waals surface area contributed by atoms with E-state index in [-0.39, 0.29) is 5.56 Å². The largest absolute Gasteiger partial charge is 0.385 e. The number of methoxy groups -OCH3 is 1. The molecule has 126 valence electrons. The highest BCUT2D eigenvalue weighted by Gasteiger charge is 2.11. The number of aromatic nitrogens is 2. The topological polar surface area (TPSA) is 68.5 Å². The molecule has 6 heteroatoms. The van der Waals surface area contributed by atoms with Crippen molar-refractivity contribution in [3.05, 3.63) is 46.3 Å². The van der Waals surface area contributed by atoms with Gasteiger partial charge < -0.3 is 4.74 Å². The van der Waals surface area contributed by atoms with E-state index in [1.54, 1.807) is 17.7 Å². The monoisotopic (exact) mass is 326 g/mol. The van der Waals surface area contributed by atoms with E-state index in [1.165, 1.54) is 5.57 Å². The van der Waals surface area contributed by atoms with Crippen LogP contribution in [0.3, 0.4) is 0 Å². The minimum absolute atomic E-state index is 0.0578. The smallest absolute Gasteiger partial charge is 0.262 e. The highest BCUT2D eigenvalue weighted by molar-refractivity contribution is 5.98. The number of hydrogen-bond donors (Lipinski definition) is 1. The molecule has 0 saturated carbocycles. The average Bonchev–Trinajstić information content (AvgIpc) is 3.01. The van der Waals surface area contributed by atoms with Gasteiger partial charge in [0.25, 0.3) is 5.56 Å². The Morgan fingerprint density at radius 2 is 2.17 bits per heavy atom. The zero-order valence-corrected chi connectivity index (χ0v) is 14.1. The second kappa shape index (κ2) is 7.40. The van der Waals surface area contributed by atoms with Gasteiger partial charge in [-0.3, -0.25) is 9.36 Å². The zero-order chi connectivity index (χ0) is 16.9. The average molecular weight is 326 g/mol. The Balaban J connectivity index is 1.97. The first-order valence-corrected chi connectivity index (χ1v) is 8.17. The van der Waals surface area contributed by atoms with E-state index in [1.807, 2.05) is 18.2 Å². The number of benzene rings is 1. The van der Waals surface area contributed by atoms with Crippen LogP contribution in [0, 0.1) is 0 Å². The van der Waals surface area contributed by atoms with Crippen LogP contribution < -0.4 is 11.0 Å². The standard InChI is InChI=1S/C18H22N4O2/c1-13-8-9-14(12-13)20-21-18-19-16-7-4-3-6-15(16)17(23)22(18)10-5-11-24-2/h3-4,6-7,12H,5,8-11H2,1-2H3,(H,19,21)/b20-14-. The van der Waals surface area contributed by atoms with Crippen LogP contribution in [0.15, 0.2) is 45.8 Å². The maximum Gasteiger partial charge on any atom is 0.262 e. The van der Waals surface area contributed by atoms with Gasteiger partial charge in [-0.2, -0.15) is 5.10 Å². The number of anilines is 1. The molecule has 0 unspecified atom stereocenters. The summed E-state index contributed by atoms with van der Waals surface area (Å²) in [6, 6.07) is 7.37. The lowest BCUT2D eigenvalue weighted by atomic mass is 10.2. The normalized spacial score (nSPS) is 15.9. The van der Waals surface area contributed by atoms with E-state index in [2.05, 4.69) is 28.5 Å². The summed E-state index contributed by atoms with van der Waals surface area (Å²) in [6.07, 6.45) is 4.76. The number of nitrogens with one attached hydrogen (secondary N) is 1. The molecule has 1 aromatic heterocycles. The van der Waals surface area contributed by atoms with Gasteiger partial charge in [-0.15, -0.1) is 0 Å². The number of allylic oxidation sites excluding steroid dienone is 2. The summed E-state index contributed by atoms with van der Waals surface area (Å²) in [6.45, 7) is 3.22. The molecular weight excluding hydrogens is 304 g/mol. The summed E-state index contributed by atoms with van der Waals surface area (Å²) in [5.74, 6) is 0.472. The lowest BCUT2D eigenvalue weighted by molar-refractivity contribution is 0.190. The minimum atomic E-state index is -0.0578. The van der Waals surface area contributed by atoms with E-state index in [0.717, 1.165) is 25.0 Å². The number of rotatable bonds is 6. The Morgan fingerprint density at radius 3 is 2.92 bits per heavy atom. The second-order valence-corrected chi connectivity index (χ2v) is 5.96. The summed E-state index contributed by atoms with van der Waals surface area (Å²) in [5, 5.41) is 5.03. The molecule has 24 heavy (non-hydrogen) atoms. The molecule has 2 aromatic rings. The molecule has 0 fully saturated rings. The number of ether oxygens (including phenoxy) is 1. The van der Waals surface area contributed by atoms with Crippen LogP contribution in [0.1, 0.15) is 26.2 Å². The van der Waals surface area contributed by atoms with Gasteiger partial charge >= 0.3 is 0 Å². The summed E-state index contributed by atoms with van der Waals surface area (Å²) in [7, 11) is 1.65. The molecule has 0 amide bonds. The van der Waals surface area contributed by atoms with Gasteiger partial charge in [0.1, 0.15) is 0 Å². The summed E-state index contributed by atoms with van der Waals surface area (Å²) < 4.78 is 6.73. The van der Waals surface area contributed by atoms with Crippen molar-refractivity contribution >= 4 is 22.6 Å². The van der Waals surface area contributed by atoms with Crippen molar-refractivity contribution in [1.29, 1.82) is 0 Å². The molecule has 1 N–H and O–H groups in total. The van der Waals surface area contributed by atoms with Gasteiger partial charge in [-0.1, -0.05) is 17.7 Å². The summed E-state index contributed by atoms with van der Waals surface area (Å²) in [4.78, 5) is 17.4. The van der Waals surface area contributed by atoms with Gasteiger partial charge in [0.15, 0.2) is 0 Å². The molecule has 0 radical (unpaired) electrons. The van der Waals surface area contributed by atoms with Gasteiger partial charge in [0, 0.05) is 20.3 Å². The van der Waals surface area contributed by atoms with E-state index >= 15 is 0 Å². The number of hydrogen-bond acceptors (Lipinski definition) is 5. The van der Waals surface area contributed by atoms with Gasteiger partial charge in [0.05, 0.1) is 16.6 Å². The third kappa shape index (κ3) is 3.54. The van der Waals surface area contributed by atoms with Crippen molar-refractivity contribution in [3.63, 3.8) is 0 Å². The third-order valence-corrected chi connectivity index (χ3v) is 4.08. The highest BCUT2D eigenvalue weighted by atomic mass is 16.5. The third-order valence-electron chi connectivity index (χ3n) is 4.08. The number of hydrazone groups is 1. The zero-order valence-electron chi connectivity index (χ0n) is 14.1. The summed E-state index contributed by atoms with van der Waals surface area (Å²) in [5.41, 5.74) is 5.91. The van der Waals surface area contributed by atoms with Crippen LogP contribution in [0.2, 0.25) is 0 Å². The Hall–Kier alpha value is -2.47. The van der Waals surface area contributed by atoms with E-state index in [9.17, 15) is 4.79 Å². The number of fused-ring (bicyclic) bond motifs is 1. The molecule has 3 rings (SSSR count). The van der Waals surface area contributed by atoms with Gasteiger partial charge in [-0.25, -0.2) is 10.4 Å². The van der Waals surface area contributed by atoms with Crippen LogP contribution in [0.4, 0.5) is 5.95 Å². The van der Waals surface area contributed by atoms with Crippen molar-refractivity contribution in [3.8, 4) is 0 Å². The molecule has 0 spiro atoms. The first-order valence-electron chi connectivity index (χ1n) is 8.17. The quantitative estimate of drug-likeness (QED) is 0.654. The second-order valence-electron chi connectivity index (χ2n) is 5.96. The predicted octanol–water partition coefficient (Wildman–Crippen LogP) is 2.94. The SMILES string of the molecule is COCCCn1c(N/N=C2\C=C(C)CC2)nc2ccccc2c1=O. The molecule has 1 heterocycles. The first kappa shape index (κ1) is 16.4. The Kier molecular flexibility index (Phi) is 5.05. The first-order chi connectivity index (χ1) is 11.7. The number of nitrogens with zero attached hydrogens (tertiary/aromatic N) is 3. The van der Waals surface area contributed by atoms with Crippen LogP contribution in [-0.2, 0) is 11.3 Å². The maximum atomic E-state index is 12.8. The fourth-order valence-electron chi connectivity index (χ4n) is 2.79. The van der Waals surface area contributed by atoms with Crippen molar-refractivity contribution in [1.82, 2.24) is 9.55 Å².